The van der Waals surface area contributed by atoms with Gasteiger partial charge in [0, 0.05) is 10.6 Å². The Labute approximate surface area is 158 Å². The molecule has 0 aliphatic carbocycles. The molecule has 0 unspecified atom stereocenters. The predicted molar refractivity (Wildman–Crippen MR) is 109 cm³/mol. The summed E-state index contributed by atoms with van der Waals surface area (Å²) in [7, 11) is 1.65. The second-order valence-electron chi connectivity index (χ2n) is 5.37. The summed E-state index contributed by atoms with van der Waals surface area (Å²) in [6.07, 6.45) is 0. The molecule has 2 aromatic heterocycles. The minimum Gasteiger partial charge on any atom is -0.497 e. The van der Waals surface area contributed by atoms with Gasteiger partial charge >= 0.3 is 0 Å². The van der Waals surface area contributed by atoms with Crippen molar-refractivity contribution in [2.45, 2.75) is 19.2 Å². The molecule has 0 aliphatic heterocycles. The van der Waals surface area contributed by atoms with Crippen LogP contribution in [0.1, 0.15) is 16.3 Å². The lowest BCUT2D eigenvalue weighted by molar-refractivity contribution is 0.414. The average molecular weight is 392 g/mol. The van der Waals surface area contributed by atoms with Gasteiger partial charge in [0.05, 0.1) is 19.0 Å². The van der Waals surface area contributed by atoms with Gasteiger partial charge in [-0.15, -0.1) is 11.3 Å². The Balaban J connectivity index is 1.57. The number of thioether (sulfide) groups is 1. The highest BCUT2D eigenvalue weighted by Gasteiger charge is 2.08. The van der Waals surface area contributed by atoms with Crippen LogP contribution in [0.2, 0.25) is 0 Å². The zero-order valence-corrected chi connectivity index (χ0v) is 16.2. The third kappa shape index (κ3) is 4.59. The van der Waals surface area contributed by atoms with E-state index >= 15 is 0 Å². The first kappa shape index (κ1) is 17.9. The average Bonchev–Trinajstić information content (AvgIpc) is 2.99. The highest BCUT2D eigenvalue weighted by atomic mass is 32.2. The summed E-state index contributed by atoms with van der Waals surface area (Å²) < 4.78 is 5.88. The zero-order chi connectivity index (χ0) is 17.8. The number of aromatic amines is 1. The molecule has 0 amide bonds. The Morgan fingerprint density at radius 1 is 1.44 bits per heavy atom. The monoisotopic (exact) mass is 391 g/mol. The predicted octanol–water partition coefficient (Wildman–Crippen LogP) is 3.61. The number of benzene rings is 1. The SMILES string of the molecule is COc1cccc(CSC(=S)NCc2nc3sc(C)cc3c(=O)[nH]2)c1. The molecular weight excluding hydrogens is 374 g/mol. The molecule has 5 nitrogen and oxygen atoms in total. The van der Waals surface area contributed by atoms with E-state index in [1.54, 1.807) is 7.11 Å². The molecule has 0 bridgehead atoms. The molecular formula is C17H17N3O2S3. The molecule has 130 valence electrons. The van der Waals surface area contributed by atoms with Gasteiger partial charge in [-0.25, -0.2) is 4.98 Å². The molecule has 25 heavy (non-hydrogen) atoms. The molecule has 2 N–H and O–H groups in total. The standard InChI is InChI=1S/C17H17N3O2S3/c1-10-6-13-15(21)19-14(20-16(13)25-10)8-18-17(23)24-9-11-4-3-5-12(7-11)22-2/h3-7H,8-9H2,1-2H3,(H,18,23)(H,19,20,21). The highest BCUT2D eigenvalue weighted by molar-refractivity contribution is 8.22. The van der Waals surface area contributed by atoms with E-state index in [1.807, 2.05) is 37.3 Å². The Bertz CT molecular complexity index is 965. The minimum atomic E-state index is -0.110. The van der Waals surface area contributed by atoms with E-state index in [9.17, 15) is 4.79 Å². The van der Waals surface area contributed by atoms with Crippen molar-refractivity contribution in [2.75, 3.05) is 7.11 Å². The first-order valence-electron chi connectivity index (χ1n) is 7.58. The smallest absolute Gasteiger partial charge is 0.259 e. The summed E-state index contributed by atoms with van der Waals surface area (Å²) in [4.78, 5) is 21.2. The minimum absolute atomic E-state index is 0.110. The normalized spacial score (nSPS) is 10.8. The Kier molecular flexibility index (Phi) is 5.72. The van der Waals surface area contributed by atoms with Gasteiger partial charge in [-0.1, -0.05) is 36.1 Å². The number of ether oxygens (including phenoxy) is 1. The molecule has 0 aliphatic rings. The zero-order valence-electron chi connectivity index (χ0n) is 13.8. The number of hydrogen-bond acceptors (Lipinski definition) is 6. The number of fused-ring (bicyclic) bond motifs is 1. The summed E-state index contributed by atoms with van der Waals surface area (Å²) in [5, 5.41) is 3.77. The third-order valence-corrected chi connectivity index (χ3v) is 5.81. The van der Waals surface area contributed by atoms with Crippen molar-refractivity contribution >= 4 is 49.9 Å². The van der Waals surface area contributed by atoms with Crippen molar-refractivity contribution in [2.24, 2.45) is 0 Å². The van der Waals surface area contributed by atoms with Crippen molar-refractivity contribution < 1.29 is 4.74 Å². The van der Waals surface area contributed by atoms with Gasteiger partial charge in [0.25, 0.3) is 5.56 Å². The van der Waals surface area contributed by atoms with E-state index in [2.05, 4.69) is 15.3 Å². The van der Waals surface area contributed by atoms with Crippen LogP contribution in [0.3, 0.4) is 0 Å². The first-order chi connectivity index (χ1) is 12.0. The molecule has 0 saturated heterocycles. The second kappa shape index (κ2) is 7.99. The van der Waals surface area contributed by atoms with E-state index < -0.39 is 0 Å². The topological polar surface area (TPSA) is 67.0 Å². The van der Waals surface area contributed by atoms with E-state index in [-0.39, 0.29) is 5.56 Å². The summed E-state index contributed by atoms with van der Waals surface area (Å²) >= 11 is 8.39. The fourth-order valence-corrected chi connectivity index (χ4v) is 4.10. The molecule has 0 spiro atoms. The van der Waals surface area contributed by atoms with Crippen LogP contribution in [0.15, 0.2) is 35.1 Å². The van der Waals surface area contributed by atoms with Gasteiger partial charge < -0.3 is 15.0 Å². The van der Waals surface area contributed by atoms with Crippen LogP contribution in [-0.4, -0.2) is 21.4 Å². The van der Waals surface area contributed by atoms with Gasteiger partial charge in [-0.05, 0) is 30.7 Å². The van der Waals surface area contributed by atoms with Gasteiger partial charge in [0.15, 0.2) is 0 Å². The number of thiophene rings is 1. The number of rotatable bonds is 5. The molecule has 0 radical (unpaired) electrons. The second-order valence-corrected chi connectivity index (χ2v) is 8.26. The molecule has 1 aromatic carbocycles. The largest absolute Gasteiger partial charge is 0.497 e. The number of H-pyrrole nitrogens is 1. The van der Waals surface area contributed by atoms with Crippen LogP contribution in [0.4, 0.5) is 0 Å². The summed E-state index contributed by atoms with van der Waals surface area (Å²) in [6, 6.07) is 9.75. The Hall–Kier alpha value is -1.90. The maximum absolute atomic E-state index is 12.1. The maximum atomic E-state index is 12.1. The Morgan fingerprint density at radius 3 is 3.08 bits per heavy atom. The van der Waals surface area contributed by atoms with Crippen LogP contribution in [0.5, 0.6) is 5.75 Å². The van der Waals surface area contributed by atoms with Crippen molar-refractivity contribution in [1.29, 1.82) is 0 Å². The number of nitrogens with one attached hydrogen (secondary N) is 2. The van der Waals surface area contributed by atoms with Gasteiger partial charge in [-0.2, -0.15) is 0 Å². The molecule has 0 fully saturated rings. The Morgan fingerprint density at radius 2 is 2.28 bits per heavy atom. The van der Waals surface area contributed by atoms with Crippen LogP contribution >= 0.6 is 35.3 Å². The molecule has 2 heterocycles. The van der Waals surface area contributed by atoms with Crippen molar-refractivity contribution in [1.82, 2.24) is 15.3 Å². The molecule has 8 heteroatoms. The number of hydrogen-bond donors (Lipinski definition) is 2. The van der Waals surface area contributed by atoms with E-state index in [0.717, 1.165) is 26.8 Å². The number of methoxy groups -OCH3 is 1. The first-order valence-corrected chi connectivity index (χ1v) is 9.79. The molecule has 0 saturated carbocycles. The molecule has 3 rings (SSSR count). The summed E-state index contributed by atoms with van der Waals surface area (Å²) in [5.74, 6) is 2.16. The lowest BCUT2D eigenvalue weighted by Gasteiger charge is -2.08. The summed E-state index contributed by atoms with van der Waals surface area (Å²) in [6.45, 7) is 2.36. The van der Waals surface area contributed by atoms with Gasteiger partial charge in [0.2, 0.25) is 0 Å². The lowest BCUT2D eigenvalue weighted by atomic mass is 10.2. The number of thiocarbonyl (C=S) groups is 1. The summed E-state index contributed by atoms with van der Waals surface area (Å²) in [5.41, 5.74) is 1.02. The van der Waals surface area contributed by atoms with Crippen LogP contribution in [-0.2, 0) is 12.3 Å². The van der Waals surface area contributed by atoms with E-state index in [1.165, 1.54) is 23.1 Å². The highest BCUT2D eigenvalue weighted by Crippen LogP contribution is 2.20. The van der Waals surface area contributed by atoms with E-state index in [4.69, 9.17) is 17.0 Å². The maximum Gasteiger partial charge on any atom is 0.259 e. The van der Waals surface area contributed by atoms with Gasteiger partial charge in [-0.3, -0.25) is 4.79 Å². The van der Waals surface area contributed by atoms with Crippen LogP contribution < -0.4 is 15.6 Å². The van der Waals surface area contributed by atoms with Crippen molar-refractivity contribution in [3.63, 3.8) is 0 Å². The lowest BCUT2D eigenvalue weighted by Crippen LogP contribution is -2.22. The van der Waals surface area contributed by atoms with Crippen molar-refractivity contribution in [3.05, 3.63) is 57.0 Å². The quantitative estimate of drug-likeness (QED) is 0.648. The molecule has 3 aromatic rings. The molecule has 0 atom stereocenters. The number of aromatic nitrogens is 2. The van der Waals surface area contributed by atoms with E-state index in [0.29, 0.717) is 22.1 Å². The number of nitrogens with zero attached hydrogens (tertiary/aromatic N) is 1. The van der Waals surface area contributed by atoms with Crippen molar-refractivity contribution in [3.8, 4) is 5.75 Å². The van der Waals surface area contributed by atoms with Crippen LogP contribution in [0, 0.1) is 6.92 Å². The number of aryl methyl sites for hydroxylation is 1. The third-order valence-electron chi connectivity index (χ3n) is 3.48. The van der Waals surface area contributed by atoms with Crippen LogP contribution in [0.25, 0.3) is 10.2 Å². The fourth-order valence-electron chi connectivity index (χ4n) is 2.30. The van der Waals surface area contributed by atoms with Gasteiger partial charge in [0.1, 0.15) is 20.7 Å². The fraction of sp³-hybridized carbons (Fsp3) is 0.235.